The maximum absolute atomic E-state index is 12.8. The second-order valence-corrected chi connectivity index (χ2v) is 7.69. The topological polar surface area (TPSA) is 177 Å². The fourth-order valence-electron chi connectivity index (χ4n) is 3.75. The zero-order valence-electron chi connectivity index (χ0n) is 17.2. The standard InChI is InChI=1S/C23H20O10/c1-9-2-15(26)16(27)7-12(9)22-20(8-13-14(25)5-11(24)6-19(13)32-22)33-23(31)10-3-17(28)21(30)18(29)4-10/h2-7,20,22,24-30H,8H2,1H3/t20-,22-/m1/s1. The van der Waals surface area contributed by atoms with Crippen molar-refractivity contribution in [1.82, 2.24) is 0 Å². The number of rotatable bonds is 3. The number of hydrogen-bond acceptors (Lipinski definition) is 10. The van der Waals surface area contributed by atoms with Gasteiger partial charge < -0.3 is 45.2 Å². The van der Waals surface area contributed by atoms with E-state index in [9.17, 15) is 40.5 Å². The fraction of sp³-hybridized carbons (Fsp3) is 0.174. The van der Waals surface area contributed by atoms with Crippen LogP contribution in [0.3, 0.4) is 0 Å². The van der Waals surface area contributed by atoms with Gasteiger partial charge in [-0.05, 0) is 36.8 Å². The number of hydrogen-bond donors (Lipinski definition) is 7. The van der Waals surface area contributed by atoms with Gasteiger partial charge in [0.2, 0.25) is 0 Å². The van der Waals surface area contributed by atoms with Crippen molar-refractivity contribution in [2.75, 3.05) is 0 Å². The normalized spacial score (nSPS) is 17.1. The van der Waals surface area contributed by atoms with Gasteiger partial charge in [-0.15, -0.1) is 0 Å². The van der Waals surface area contributed by atoms with E-state index in [1.807, 2.05) is 0 Å². The van der Waals surface area contributed by atoms with E-state index < -0.39 is 41.2 Å². The summed E-state index contributed by atoms with van der Waals surface area (Å²) in [6.07, 6.45) is -2.13. The molecule has 0 spiro atoms. The molecule has 1 heterocycles. The van der Waals surface area contributed by atoms with Gasteiger partial charge in [0.25, 0.3) is 0 Å². The molecule has 1 aliphatic heterocycles. The zero-order valence-corrected chi connectivity index (χ0v) is 17.2. The number of fused-ring (bicyclic) bond motifs is 1. The number of benzene rings is 3. The molecule has 0 saturated carbocycles. The van der Waals surface area contributed by atoms with E-state index in [2.05, 4.69) is 0 Å². The SMILES string of the molecule is Cc1cc(O)c(O)cc1[C@H]1Oc2cc(O)cc(O)c2C[C@H]1OC(=O)c1cc(O)c(O)c(O)c1. The smallest absolute Gasteiger partial charge is 0.338 e. The lowest BCUT2D eigenvalue weighted by molar-refractivity contribution is -0.0191. The largest absolute Gasteiger partial charge is 0.508 e. The van der Waals surface area contributed by atoms with Crippen molar-refractivity contribution in [1.29, 1.82) is 0 Å². The number of ether oxygens (including phenoxy) is 2. The molecule has 10 heteroatoms. The first-order chi connectivity index (χ1) is 15.5. The van der Waals surface area contributed by atoms with Crippen LogP contribution in [0.4, 0.5) is 0 Å². The van der Waals surface area contributed by atoms with Crippen molar-refractivity contribution >= 4 is 5.97 Å². The Kier molecular flexibility index (Phi) is 5.21. The highest BCUT2D eigenvalue weighted by Crippen LogP contribution is 2.45. The molecule has 172 valence electrons. The van der Waals surface area contributed by atoms with Gasteiger partial charge in [-0.1, -0.05) is 0 Å². The summed E-state index contributed by atoms with van der Waals surface area (Å²) in [4.78, 5) is 12.8. The third kappa shape index (κ3) is 3.93. The Morgan fingerprint density at radius 2 is 1.48 bits per heavy atom. The van der Waals surface area contributed by atoms with Crippen LogP contribution < -0.4 is 4.74 Å². The third-order valence-electron chi connectivity index (χ3n) is 5.40. The monoisotopic (exact) mass is 456 g/mol. The summed E-state index contributed by atoms with van der Waals surface area (Å²) in [6, 6.07) is 6.77. The minimum Gasteiger partial charge on any atom is -0.508 e. The lowest BCUT2D eigenvalue weighted by atomic mass is 9.91. The highest BCUT2D eigenvalue weighted by molar-refractivity contribution is 5.91. The summed E-state index contributed by atoms with van der Waals surface area (Å²) < 4.78 is 11.5. The van der Waals surface area contributed by atoms with Gasteiger partial charge in [0.1, 0.15) is 23.4 Å². The maximum atomic E-state index is 12.8. The highest BCUT2D eigenvalue weighted by atomic mass is 16.6. The molecule has 1 aliphatic rings. The molecule has 0 fully saturated rings. The molecule has 3 aromatic carbocycles. The van der Waals surface area contributed by atoms with E-state index in [1.54, 1.807) is 6.92 Å². The molecule has 4 rings (SSSR count). The Morgan fingerprint density at radius 1 is 0.848 bits per heavy atom. The molecule has 33 heavy (non-hydrogen) atoms. The first-order valence-corrected chi connectivity index (χ1v) is 9.75. The molecule has 0 saturated heterocycles. The average molecular weight is 456 g/mol. The van der Waals surface area contributed by atoms with E-state index in [1.165, 1.54) is 18.2 Å². The summed E-state index contributed by atoms with van der Waals surface area (Å²) >= 11 is 0. The van der Waals surface area contributed by atoms with E-state index in [4.69, 9.17) is 9.47 Å². The zero-order chi connectivity index (χ0) is 24.0. The van der Waals surface area contributed by atoms with Crippen LogP contribution in [-0.4, -0.2) is 47.8 Å². The molecule has 10 nitrogen and oxygen atoms in total. The van der Waals surface area contributed by atoms with E-state index >= 15 is 0 Å². The van der Waals surface area contributed by atoms with Crippen LogP contribution in [-0.2, 0) is 11.2 Å². The summed E-state index contributed by atoms with van der Waals surface area (Å²) in [5.41, 5.74) is 0.878. The van der Waals surface area contributed by atoms with Crippen LogP contribution in [0.2, 0.25) is 0 Å². The number of carbonyl (C=O) groups excluding carboxylic acids is 1. The van der Waals surface area contributed by atoms with Gasteiger partial charge in [-0.2, -0.15) is 0 Å². The lowest BCUT2D eigenvalue weighted by Gasteiger charge is -2.34. The van der Waals surface area contributed by atoms with E-state index in [0.717, 1.165) is 18.2 Å². The minimum absolute atomic E-state index is 0.0466. The quantitative estimate of drug-likeness (QED) is 0.229. The number of phenols is 7. The molecular weight excluding hydrogens is 436 g/mol. The van der Waals surface area contributed by atoms with Gasteiger partial charge >= 0.3 is 5.97 Å². The Bertz CT molecular complexity index is 1240. The Balaban J connectivity index is 1.76. The molecule has 0 unspecified atom stereocenters. The number of aryl methyl sites for hydroxylation is 1. The molecule has 0 aliphatic carbocycles. The van der Waals surface area contributed by atoms with Crippen LogP contribution in [0.5, 0.6) is 46.0 Å². The second-order valence-electron chi connectivity index (χ2n) is 7.69. The fourth-order valence-corrected chi connectivity index (χ4v) is 3.75. The number of aromatic hydroxyl groups is 7. The number of phenolic OH excluding ortho intramolecular Hbond substituents is 7. The van der Waals surface area contributed by atoms with Gasteiger partial charge in [-0.3, -0.25) is 0 Å². The summed E-state index contributed by atoms with van der Waals surface area (Å²) in [5, 5.41) is 68.8. The Morgan fingerprint density at radius 3 is 2.15 bits per heavy atom. The van der Waals surface area contributed by atoms with Gasteiger partial charge in [0, 0.05) is 29.7 Å². The Labute approximate surface area is 186 Å². The molecule has 0 aromatic heterocycles. The summed E-state index contributed by atoms with van der Waals surface area (Å²) in [7, 11) is 0. The van der Waals surface area contributed by atoms with Crippen molar-refractivity contribution < 1.29 is 50.0 Å². The summed E-state index contributed by atoms with van der Waals surface area (Å²) in [6.45, 7) is 1.64. The van der Waals surface area contributed by atoms with Crippen molar-refractivity contribution in [2.45, 2.75) is 25.6 Å². The van der Waals surface area contributed by atoms with E-state index in [-0.39, 0.29) is 40.5 Å². The number of carbonyl (C=O) groups is 1. The highest BCUT2D eigenvalue weighted by Gasteiger charge is 2.37. The molecule has 3 aromatic rings. The van der Waals surface area contributed by atoms with Crippen LogP contribution in [0.15, 0.2) is 36.4 Å². The van der Waals surface area contributed by atoms with E-state index in [0.29, 0.717) is 11.1 Å². The van der Waals surface area contributed by atoms with Gasteiger partial charge in [0.15, 0.2) is 34.9 Å². The molecule has 7 N–H and O–H groups in total. The van der Waals surface area contributed by atoms with Crippen LogP contribution in [0, 0.1) is 6.92 Å². The summed E-state index contributed by atoms with van der Waals surface area (Å²) in [5.74, 6) is -4.39. The van der Waals surface area contributed by atoms with Crippen LogP contribution in [0.25, 0.3) is 0 Å². The predicted octanol–water partition coefficient (Wildman–Crippen LogP) is 2.84. The van der Waals surface area contributed by atoms with Gasteiger partial charge in [-0.25, -0.2) is 4.79 Å². The van der Waals surface area contributed by atoms with Gasteiger partial charge in [0.05, 0.1) is 5.56 Å². The first-order valence-electron chi connectivity index (χ1n) is 9.75. The minimum atomic E-state index is -1.07. The van der Waals surface area contributed by atoms with Crippen molar-refractivity contribution in [3.05, 3.63) is 58.7 Å². The molecule has 0 bridgehead atoms. The van der Waals surface area contributed by atoms with Crippen molar-refractivity contribution in [3.63, 3.8) is 0 Å². The molecule has 2 atom stereocenters. The van der Waals surface area contributed by atoms with Crippen LogP contribution >= 0.6 is 0 Å². The number of esters is 1. The first kappa shape index (κ1) is 21.8. The predicted molar refractivity (Wildman–Crippen MR) is 112 cm³/mol. The third-order valence-corrected chi connectivity index (χ3v) is 5.40. The molecular formula is C23H20O10. The van der Waals surface area contributed by atoms with Crippen molar-refractivity contribution in [3.8, 4) is 46.0 Å². The lowest BCUT2D eigenvalue weighted by Crippen LogP contribution is -2.35. The molecule has 0 radical (unpaired) electrons. The Hall–Kier alpha value is -4.47. The second kappa shape index (κ2) is 7.90. The molecule has 0 amide bonds. The maximum Gasteiger partial charge on any atom is 0.338 e. The van der Waals surface area contributed by atoms with Crippen molar-refractivity contribution in [2.24, 2.45) is 0 Å². The van der Waals surface area contributed by atoms with Crippen LogP contribution in [0.1, 0.15) is 33.2 Å². The average Bonchev–Trinajstić information content (AvgIpc) is 2.74.